The topological polar surface area (TPSA) is 129 Å². The van der Waals surface area contributed by atoms with Gasteiger partial charge in [-0.3, -0.25) is 24.3 Å². The molecule has 0 saturated heterocycles. The van der Waals surface area contributed by atoms with E-state index >= 15 is 0 Å². The van der Waals surface area contributed by atoms with Crippen molar-refractivity contribution >= 4 is 50.6 Å². The van der Waals surface area contributed by atoms with Gasteiger partial charge in [-0.25, -0.2) is 10.4 Å². The number of rotatable bonds is 9. The largest absolute Gasteiger partial charge is 0.494 e. The summed E-state index contributed by atoms with van der Waals surface area (Å²) in [4.78, 5) is 43.6. The molecule has 1 aliphatic rings. The van der Waals surface area contributed by atoms with Crippen molar-refractivity contribution < 1.29 is 14.5 Å². The first-order valence-electron chi connectivity index (χ1n) is 12.4. The Morgan fingerprint density at radius 1 is 1.21 bits per heavy atom. The van der Waals surface area contributed by atoms with Gasteiger partial charge in [0.1, 0.15) is 10.6 Å². The Labute approximate surface area is 231 Å². The molecular weight excluding hydrogens is 538 g/mol. The van der Waals surface area contributed by atoms with E-state index in [9.17, 15) is 19.7 Å². The summed E-state index contributed by atoms with van der Waals surface area (Å²) >= 11 is 2.71. The molecule has 0 radical (unpaired) electrons. The molecule has 1 N–H and O–H groups in total. The monoisotopic (exact) mass is 563 g/mol. The zero-order valence-corrected chi connectivity index (χ0v) is 22.9. The summed E-state index contributed by atoms with van der Waals surface area (Å²) in [7, 11) is 0. The molecule has 0 fully saturated rings. The molecule has 200 valence electrons. The predicted octanol–water partition coefficient (Wildman–Crippen LogP) is 4.88. The number of carbonyl (C=O) groups excluding carboxylic acids is 1. The average Bonchev–Trinajstić information content (AvgIpc) is 3.52. The Morgan fingerprint density at radius 2 is 1.95 bits per heavy atom. The number of benzene rings is 2. The maximum absolute atomic E-state index is 13.8. The number of fused-ring (bicyclic) bond motifs is 3. The number of nitro benzene ring substituents is 1. The van der Waals surface area contributed by atoms with Gasteiger partial charge in [0.15, 0.2) is 5.16 Å². The minimum Gasteiger partial charge on any atom is -0.494 e. The molecule has 0 aliphatic heterocycles. The van der Waals surface area contributed by atoms with Gasteiger partial charge in [-0.1, -0.05) is 11.8 Å². The van der Waals surface area contributed by atoms with E-state index in [0.29, 0.717) is 44.7 Å². The van der Waals surface area contributed by atoms with Crippen molar-refractivity contribution in [3.8, 4) is 11.4 Å². The lowest BCUT2D eigenvalue weighted by Gasteiger charge is -2.13. The summed E-state index contributed by atoms with van der Waals surface area (Å²) in [5, 5.41) is 16.1. The van der Waals surface area contributed by atoms with Crippen molar-refractivity contribution in [2.45, 2.75) is 38.3 Å². The first-order chi connectivity index (χ1) is 18.9. The Bertz CT molecular complexity index is 1640. The smallest absolute Gasteiger partial charge is 0.269 e. The van der Waals surface area contributed by atoms with Gasteiger partial charge in [0.25, 0.3) is 17.2 Å². The van der Waals surface area contributed by atoms with Gasteiger partial charge >= 0.3 is 0 Å². The molecule has 5 rings (SSSR count). The van der Waals surface area contributed by atoms with Gasteiger partial charge in [0.05, 0.1) is 34.1 Å². The minimum absolute atomic E-state index is 0.0168. The van der Waals surface area contributed by atoms with Crippen molar-refractivity contribution in [1.29, 1.82) is 0 Å². The van der Waals surface area contributed by atoms with Crippen molar-refractivity contribution in [1.82, 2.24) is 15.0 Å². The molecule has 1 aliphatic carbocycles. The predicted molar refractivity (Wildman–Crippen MR) is 153 cm³/mol. The lowest BCUT2D eigenvalue weighted by molar-refractivity contribution is -0.384. The fraction of sp³-hybridized carbons (Fsp3) is 0.259. The highest BCUT2D eigenvalue weighted by Crippen LogP contribution is 2.36. The van der Waals surface area contributed by atoms with Crippen molar-refractivity contribution in [2.75, 3.05) is 12.4 Å². The summed E-state index contributed by atoms with van der Waals surface area (Å²) in [5.74, 6) is 0.314. The number of aryl methyl sites for hydroxylation is 2. The summed E-state index contributed by atoms with van der Waals surface area (Å²) in [5.41, 5.74) is 5.25. The van der Waals surface area contributed by atoms with Crippen LogP contribution >= 0.6 is 23.1 Å². The second-order valence-corrected chi connectivity index (χ2v) is 10.9. The molecule has 0 atom stereocenters. The number of non-ortho nitro benzene ring substituents is 1. The molecule has 39 heavy (non-hydrogen) atoms. The number of hydrazone groups is 1. The van der Waals surface area contributed by atoms with Crippen LogP contribution in [-0.4, -0.2) is 38.5 Å². The number of amides is 1. The van der Waals surface area contributed by atoms with Crippen LogP contribution in [0.15, 0.2) is 63.6 Å². The van der Waals surface area contributed by atoms with Gasteiger partial charge in [-0.05, 0) is 80.6 Å². The Hall–Kier alpha value is -4.03. The number of ether oxygens (including phenoxy) is 1. The molecule has 2 heterocycles. The van der Waals surface area contributed by atoms with E-state index in [1.807, 2.05) is 31.2 Å². The van der Waals surface area contributed by atoms with Gasteiger partial charge in [0, 0.05) is 17.0 Å². The second-order valence-electron chi connectivity index (χ2n) is 8.82. The average molecular weight is 564 g/mol. The van der Waals surface area contributed by atoms with E-state index in [2.05, 4.69) is 10.5 Å². The number of thiophene rings is 1. The number of hydrogen-bond acceptors (Lipinski definition) is 9. The van der Waals surface area contributed by atoms with Crippen LogP contribution in [0.1, 0.15) is 36.3 Å². The van der Waals surface area contributed by atoms with Crippen LogP contribution in [0.3, 0.4) is 0 Å². The summed E-state index contributed by atoms with van der Waals surface area (Å²) in [6, 6.07) is 13.2. The summed E-state index contributed by atoms with van der Waals surface area (Å²) in [6.45, 7) is 4.14. The lowest BCUT2D eigenvalue weighted by atomic mass is 10.1. The number of carbonyl (C=O) groups is 1. The maximum atomic E-state index is 13.8. The van der Waals surface area contributed by atoms with Crippen LogP contribution in [0.5, 0.6) is 5.75 Å². The minimum atomic E-state index is -0.475. The van der Waals surface area contributed by atoms with Crippen molar-refractivity contribution in [3.63, 3.8) is 0 Å². The number of hydrogen-bond donors (Lipinski definition) is 1. The zero-order valence-electron chi connectivity index (χ0n) is 21.3. The van der Waals surface area contributed by atoms with E-state index in [0.717, 1.165) is 36.6 Å². The number of nitrogens with one attached hydrogen (secondary N) is 1. The Balaban J connectivity index is 1.39. The highest BCUT2D eigenvalue weighted by Gasteiger charge is 2.24. The first-order valence-corrected chi connectivity index (χ1v) is 14.2. The van der Waals surface area contributed by atoms with E-state index < -0.39 is 4.92 Å². The molecular formula is C27H25N5O5S2. The molecule has 4 aromatic rings. The van der Waals surface area contributed by atoms with Crippen LogP contribution in [0.2, 0.25) is 0 Å². The third kappa shape index (κ3) is 5.57. The second kappa shape index (κ2) is 11.4. The molecule has 10 nitrogen and oxygen atoms in total. The van der Waals surface area contributed by atoms with Crippen LogP contribution in [0.25, 0.3) is 15.9 Å². The summed E-state index contributed by atoms with van der Waals surface area (Å²) < 4.78 is 7.11. The van der Waals surface area contributed by atoms with E-state index in [1.165, 1.54) is 17.0 Å². The highest BCUT2D eigenvalue weighted by molar-refractivity contribution is 7.99. The SMILES string of the molecule is CCOc1ccc(-n2c(SCC(=O)NN=C(C)c3ccc([N+](=O)[O-])cc3)nc3sc4c(c3c2=O)CCC4)cc1. The third-order valence-corrected chi connectivity index (χ3v) is 8.41. The molecule has 2 aromatic heterocycles. The Morgan fingerprint density at radius 3 is 2.64 bits per heavy atom. The first kappa shape index (κ1) is 26.6. The fourth-order valence-electron chi connectivity index (χ4n) is 4.40. The van der Waals surface area contributed by atoms with Crippen LogP contribution in [-0.2, 0) is 17.6 Å². The quantitative estimate of drug-likeness (QED) is 0.101. The van der Waals surface area contributed by atoms with Crippen molar-refractivity contribution in [3.05, 3.63) is 85.0 Å². The highest BCUT2D eigenvalue weighted by atomic mass is 32.2. The standard InChI is InChI=1S/C27H25N5O5S2/c1-3-37-20-13-11-18(12-14-20)31-26(34)24-21-5-4-6-22(21)39-25(24)28-27(31)38-15-23(33)30-29-16(2)17-7-9-19(10-8-17)32(35)36/h7-14H,3-6,15H2,1-2H3,(H,30,33). The fourth-order valence-corrected chi connectivity index (χ4v) is 6.51. The molecule has 0 spiro atoms. The van der Waals surface area contributed by atoms with Gasteiger partial charge < -0.3 is 4.74 Å². The van der Waals surface area contributed by atoms with Crippen molar-refractivity contribution in [2.24, 2.45) is 5.10 Å². The third-order valence-electron chi connectivity index (χ3n) is 6.29. The Kier molecular flexibility index (Phi) is 7.75. The number of thioether (sulfide) groups is 1. The van der Waals surface area contributed by atoms with Gasteiger partial charge in [-0.2, -0.15) is 5.10 Å². The van der Waals surface area contributed by atoms with E-state index in [1.54, 1.807) is 35.0 Å². The lowest BCUT2D eigenvalue weighted by Crippen LogP contribution is -2.24. The molecule has 0 unspecified atom stereocenters. The van der Waals surface area contributed by atoms with Gasteiger partial charge in [-0.15, -0.1) is 11.3 Å². The van der Waals surface area contributed by atoms with E-state index in [-0.39, 0.29) is 22.9 Å². The maximum Gasteiger partial charge on any atom is 0.269 e. The van der Waals surface area contributed by atoms with E-state index in [4.69, 9.17) is 9.72 Å². The number of aromatic nitrogens is 2. The molecule has 1 amide bonds. The number of nitro groups is 1. The summed E-state index contributed by atoms with van der Waals surface area (Å²) in [6.07, 6.45) is 2.86. The normalized spacial score (nSPS) is 12.9. The molecule has 0 saturated carbocycles. The molecule has 0 bridgehead atoms. The zero-order chi connectivity index (χ0) is 27.5. The number of nitrogens with zero attached hydrogens (tertiary/aromatic N) is 4. The van der Waals surface area contributed by atoms with Crippen LogP contribution in [0, 0.1) is 10.1 Å². The molecule has 12 heteroatoms. The van der Waals surface area contributed by atoms with Gasteiger partial charge in [0.2, 0.25) is 0 Å². The molecule has 2 aromatic carbocycles. The van der Waals surface area contributed by atoms with Crippen LogP contribution in [0.4, 0.5) is 5.69 Å². The van der Waals surface area contributed by atoms with Crippen LogP contribution < -0.4 is 15.7 Å².